The van der Waals surface area contributed by atoms with E-state index in [1.165, 1.54) is 6.92 Å². The SMILES string of the molecule is CCOc1cc(-c2nc(Br)c(C(F)(F)F)[nH]2)c(F)cc1C(F)F. The van der Waals surface area contributed by atoms with Crippen LogP contribution in [0, 0.1) is 5.82 Å². The van der Waals surface area contributed by atoms with E-state index in [1.54, 1.807) is 0 Å². The van der Waals surface area contributed by atoms with E-state index in [4.69, 9.17) is 4.74 Å². The highest BCUT2D eigenvalue weighted by molar-refractivity contribution is 9.10. The molecule has 10 heteroatoms. The van der Waals surface area contributed by atoms with Gasteiger partial charge in [-0.1, -0.05) is 0 Å². The third-order valence-corrected chi connectivity index (χ3v) is 3.41. The van der Waals surface area contributed by atoms with Gasteiger partial charge in [0.05, 0.1) is 17.7 Å². The number of nitrogens with zero attached hydrogens (tertiary/aromatic N) is 1. The van der Waals surface area contributed by atoms with E-state index in [0.29, 0.717) is 6.07 Å². The Morgan fingerprint density at radius 3 is 2.43 bits per heavy atom. The first-order valence-corrected chi connectivity index (χ1v) is 7.01. The average Bonchev–Trinajstić information content (AvgIpc) is 2.82. The summed E-state index contributed by atoms with van der Waals surface area (Å²) in [5.74, 6) is -1.91. The van der Waals surface area contributed by atoms with Crippen LogP contribution in [-0.2, 0) is 6.18 Å². The van der Waals surface area contributed by atoms with Gasteiger partial charge in [0.25, 0.3) is 6.43 Å². The van der Waals surface area contributed by atoms with Crippen molar-refractivity contribution in [2.45, 2.75) is 19.5 Å². The lowest BCUT2D eigenvalue weighted by molar-refractivity contribution is -0.141. The molecule has 0 radical (unpaired) electrons. The molecular formula is C13H9BrF6N2O. The van der Waals surface area contributed by atoms with E-state index in [2.05, 4.69) is 20.9 Å². The van der Waals surface area contributed by atoms with Crippen molar-refractivity contribution in [3.63, 3.8) is 0 Å². The third kappa shape index (κ3) is 3.62. The van der Waals surface area contributed by atoms with Crippen molar-refractivity contribution < 1.29 is 31.1 Å². The van der Waals surface area contributed by atoms with Crippen molar-refractivity contribution in [3.8, 4) is 17.1 Å². The number of aromatic nitrogens is 2. The van der Waals surface area contributed by atoms with Gasteiger partial charge in [0, 0.05) is 0 Å². The first kappa shape index (κ1) is 17.6. The van der Waals surface area contributed by atoms with Crippen molar-refractivity contribution >= 4 is 15.9 Å². The molecule has 0 bridgehead atoms. The molecule has 3 nitrogen and oxygen atoms in total. The maximum Gasteiger partial charge on any atom is 0.433 e. The number of H-pyrrole nitrogens is 1. The van der Waals surface area contributed by atoms with Gasteiger partial charge in [0.2, 0.25) is 0 Å². The second kappa shape index (κ2) is 6.42. The molecule has 0 aliphatic heterocycles. The number of imidazole rings is 1. The molecule has 0 aliphatic rings. The van der Waals surface area contributed by atoms with Crippen molar-refractivity contribution in [3.05, 3.63) is 33.8 Å². The zero-order valence-electron chi connectivity index (χ0n) is 11.4. The van der Waals surface area contributed by atoms with Crippen LogP contribution in [0.3, 0.4) is 0 Å². The van der Waals surface area contributed by atoms with Crippen LogP contribution in [0.1, 0.15) is 24.6 Å². The van der Waals surface area contributed by atoms with Crippen molar-refractivity contribution in [1.29, 1.82) is 0 Å². The summed E-state index contributed by atoms with van der Waals surface area (Å²) in [7, 11) is 0. The van der Waals surface area contributed by atoms with E-state index < -0.39 is 45.7 Å². The predicted molar refractivity (Wildman–Crippen MR) is 72.8 cm³/mol. The molecule has 0 fully saturated rings. The molecule has 0 atom stereocenters. The number of rotatable bonds is 4. The third-order valence-electron chi connectivity index (χ3n) is 2.83. The van der Waals surface area contributed by atoms with Gasteiger partial charge in [0.1, 0.15) is 22.0 Å². The molecule has 1 N–H and O–H groups in total. The minimum Gasteiger partial charge on any atom is -0.493 e. The van der Waals surface area contributed by atoms with Gasteiger partial charge in [-0.25, -0.2) is 18.2 Å². The topological polar surface area (TPSA) is 37.9 Å². The summed E-state index contributed by atoms with van der Waals surface area (Å²) in [5.41, 5.74) is -2.30. The zero-order valence-corrected chi connectivity index (χ0v) is 13.0. The van der Waals surface area contributed by atoms with Crippen LogP contribution in [-0.4, -0.2) is 16.6 Å². The second-order valence-corrected chi connectivity index (χ2v) is 5.10. The highest BCUT2D eigenvalue weighted by Gasteiger charge is 2.36. The van der Waals surface area contributed by atoms with E-state index in [0.717, 1.165) is 6.07 Å². The fourth-order valence-electron chi connectivity index (χ4n) is 1.87. The van der Waals surface area contributed by atoms with Gasteiger partial charge in [0.15, 0.2) is 5.69 Å². The number of hydrogen-bond acceptors (Lipinski definition) is 2. The smallest absolute Gasteiger partial charge is 0.433 e. The van der Waals surface area contributed by atoms with Gasteiger partial charge in [-0.3, -0.25) is 0 Å². The number of aromatic amines is 1. The Morgan fingerprint density at radius 2 is 1.96 bits per heavy atom. The second-order valence-electron chi connectivity index (χ2n) is 4.35. The van der Waals surface area contributed by atoms with Crippen molar-refractivity contribution in [2.75, 3.05) is 6.61 Å². The van der Waals surface area contributed by atoms with Gasteiger partial charge in [-0.2, -0.15) is 13.2 Å². The van der Waals surface area contributed by atoms with Gasteiger partial charge < -0.3 is 9.72 Å². The summed E-state index contributed by atoms with van der Waals surface area (Å²) in [4.78, 5) is 5.47. The highest BCUT2D eigenvalue weighted by atomic mass is 79.9. The first-order valence-electron chi connectivity index (χ1n) is 6.22. The Morgan fingerprint density at radius 1 is 1.30 bits per heavy atom. The van der Waals surface area contributed by atoms with Crippen LogP contribution in [0.4, 0.5) is 26.3 Å². The van der Waals surface area contributed by atoms with Crippen LogP contribution in [0.25, 0.3) is 11.4 Å². The van der Waals surface area contributed by atoms with Crippen molar-refractivity contribution in [1.82, 2.24) is 9.97 Å². The first-order chi connectivity index (χ1) is 10.6. The molecule has 2 aromatic rings. The number of nitrogens with one attached hydrogen (secondary N) is 1. The Labute approximate surface area is 134 Å². The van der Waals surface area contributed by atoms with E-state index in [1.807, 2.05) is 4.98 Å². The molecule has 0 saturated carbocycles. The molecule has 0 aliphatic carbocycles. The van der Waals surface area contributed by atoms with Crippen LogP contribution in [0.5, 0.6) is 5.75 Å². The molecule has 126 valence electrons. The minimum atomic E-state index is -4.73. The van der Waals surface area contributed by atoms with E-state index in [-0.39, 0.29) is 12.4 Å². The standard InChI is InChI=1S/C13H9BrF6N2O/c1-2-23-8-4-5(7(15)3-6(8)11(16)17)12-21-9(10(14)22-12)13(18,19)20/h3-4,11H,2H2,1H3,(H,21,22). The quantitative estimate of drug-likeness (QED) is 0.701. The van der Waals surface area contributed by atoms with Crippen LogP contribution >= 0.6 is 15.9 Å². The number of alkyl halides is 5. The Bertz CT molecular complexity index is 713. The van der Waals surface area contributed by atoms with Gasteiger partial charge >= 0.3 is 6.18 Å². The zero-order chi connectivity index (χ0) is 17.4. The van der Waals surface area contributed by atoms with Crippen LogP contribution in [0.2, 0.25) is 0 Å². The summed E-state index contributed by atoms with van der Waals surface area (Å²) in [5, 5.41) is 0. The molecule has 1 heterocycles. The minimum absolute atomic E-state index is 0.0282. The predicted octanol–water partition coefficient (Wildman–Crippen LogP) is 5.33. The lowest BCUT2D eigenvalue weighted by atomic mass is 10.1. The molecule has 1 aromatic carbocycles. The number of ether oxygens (including phenoxy) is 1. The molecule has 0 unspecified atom stereocenters. The Hall–Kier alpha value is -1.71. The summed E-state index contributed by atoms with van der Waals surface area (Å²) >= 11 is 2.63. The summed E-state index contributed by atoms with van der Waals surface area (Å²) in [6.07, 6.45) is -7.72. The normalized spacial score (nSPS) is 12.0. The highest BCUT2D eigenvalue weighted by Crippen LogP contribution is 2.38. The largest absolute Gasteiger partial charge is 0.493 e. The molecule has 2 rings (SSSR count). The van der Waals surface area contributed by atoms with Crippen molar-refractivity contribution in [2.24, 2.45) is 0 Å². The maximum atomic E-state index is 14.0. The van der Waals surface area contributed by atoms with Crippen LogP contribution < -0.4 is 4.74 Å². The fourth-order valence-corrected chi connectivity index (χ4v) is 2.37. The average molecular weight is 403 g/mol. The molecule has 0 amide bonds. The number of hydrogen-bond donors (Lipinski definition) is 1. The summed E-state index contributed by atoms with van der Waals surface area (Å²) in [6.45, 7) is 1.56. The van der Waals surface area contributed by atoms with E-state index >= 15 is 0 Å². The Balaban J connectivity index is 2.58. The maximum absolute atomic E-state index is 14.0. The summed E-state index contributed by atoms with van der Waals surface area (Å²) < 4.78 is 82.4. The summed E-state index contributed by atoms with van der Waals surface area (Å²) in [6, 6.07) is 1.42. The number of halogens is 7. The number of benzene rings is 1. The monoisotopic (exact) mass is 402 g/mol. The van der Waals surface area contributed by atoms with E-state index in [9.17, 15) is 26.3 Å². The lowest BCUT2D eigenvalue weighted by Gasteiger charge is -2.12. The molecule has 23 heavy (non-hydrogen) atoms. The molecular weight excluding hydrogens is 394 g/mol. The molecule has 0 saturated heterocycles. The van der Waals surface area contributed by atoms with Crippen LogP contribution in [0.15, 0.2) is 16.7 Å². The van der Waals surface area contributed by atoms with Gasteiger partial charge in [-0.05, 0) is 35.0 Å². The Kier molecular flexibility index (Phi) is 4.92. The van der Waals surface area contributed by atoms with Gasteiger partial charge in [-0.15, -0.1) is 0 Å². The molecule has 0 spiro atoms. The lowest BCUT2D eigenvalue weighted by Crippen LogP contribution is -2.06. The molecule has 1 aromatic heterocycles. The fraction of sp³-hybridized carbons (Fsp3) is 0.308.